The summed E-state index contributed by atoms with van der Waals surface area (Å²) in [4.78, 5) is 28.7. The lowest BCUT2D eigenvalue weighted by molar-refractivity contribution is -0.134. The van der Waals surface area contributed by atoms with Gasteiger partial charge in [-0.3, -0.25) is 9.59 Å². The number of benzene rings is 2. The highest BCUT2D eigenvalue weighted by atomic mass is 16.5. The van der Waals surface area contributed by atoms with E-state index < -0.39 is 0 Å². The van der Waals surface area contributed by atoms with E-state index in [1.807, 2.05) is 66.1 Å². The molecule has 1 aliphatic heterocycles. The minimum atomic E-state index is -0.00981. The number of para-hydroxylation sites is 1. The van der Waals surface area contributed by atoms with E-state index in [4.69, 9.17) is 4.74 Å². The van der Waals surface area contributed by atoms with Crippen LogP contribution in [0.5, 0.6) is 11.5 Å². The van der Waals surface area contributed by atoms with Gasteiger partial charge in [-0.25, -0.2) is 0 Å². The summed E-state index contributed by atoms with van der Waals surface area (Å²) < 4.78 is 5.77. The third kappa shape index (κ3) is 4.88. The molecule has 0 aromatic heterocycles. The van der Waals surface area contributed by atoms with Gasteiger partial charge in [0.2, 0.25) is 5.91 Å². The van der Waals surface area contributed by atoms with E-state index in [-0.39, 0.29) is 17.7 Å². The zero-order valence-corrected chi connectivity index (χ0v) is 15.9. The van der Waals surface area contributed by atoms with Crippen LogP contribution in [0.1, 0.15) is 30.6 Å². The zero-order valence-electron chi connectivity index (χ0n) is 15.9. The molecular formula is C22H26N2O3. The lowest BCUT2D eigenvalue weighted by Crippen LogP contribution is -2.38. The molecule has 3 rings (SSSR count). The lowest BCUT2D eigenvalue weighted by Gasteiger charge is -2.23. The summed E-state index contributed by atoms with van der Waals surface area (Å²) in [6, 6.07) is 16.8. The van der Waals surface area contributed by atoms with E-state index in [0.717, 1.165) is 12.2 Å². The molecule has 0 aliphatic carbocycles. The van der Waals surface area contributed by atoms with Crippen molar-refractivity contribution in [3.8, 4) is 11.5 Å². The number of hydrogen-bond acceptors (Lipinski definition) is 3. The number of rotatable bonds is 4. The Labute approximate surface area is 160 Å². The van der Waals surface area contributed by atoms with Crippen LogP contribution < -0.4 is 4.74 Å². The Hall–Kier alpha value is -2.82. The summed E-state index contributed by atoms with van der Waals surface area (Å²) in [7, 11) is 0. The van der Waals surface area contributed by atoms with E-state index in [1.165, 1.54) is 0 Å². The van der Waals surface area contributed by atoms with Gasteiger partial charge < -0.3 is 14.5 Å². The largest absolute Gasteiger partial charge is 0.457 e. The van der Waals surface area contributed by atoms with E-state index >= 15 is 0 Å². The van der Waals surface area contributed by atoms with Crippen molar-refractivity contribution >= 4 is 11.8 Å². The Balaban J connectivity index is 1.61. The molecule has 0 N–H and O–H groups in total. The number of carbonyl (C=O) groups excluding carboxylic acids is 2. The van der Waals surface area contributed by atoms with Gasteiger partial charge in [-0.05, 0) is 42.8 Å². The molecule has 1 fully saturated rings. The monoisotopic (exact) mass is 366 g/mol. The third-order valence-corrected chi connectivity index (χ3v) is 4.67. The van der Waals surface area contributed by atoms with Crippen LogP contribution in [0, 0.1) is 5.92 Å². The molecule has 0 saturated carbocycles. The number of ether oxygens (including phenoxy) is 1. The molecule has 27 heavy (non-hydrogen) atoms. The van der Waals surface area contributed by atoms with Crippen LogP contribution in [-0.4, -0.2) is 47.8 Å². The van der Waals surface area contributed by atoms with Gasteiger partial charge >= 0.3 is 0 Å². The van der Waals surface area contributed by atoms with Crippen molar-refractivity contribution in [3.05, 3.63) is 60.2 Å². The first-order chi connectivity index (χ1) is 13.0. The van der Waals surface area contributed by atoms with Gasteiger partial charge in [0.25, 0.3) is 5.91 Å². The predicted octanol–water partition coefficient (Wildman–Crippen LogP) is 3.81. The molecule has 0 radical (unpaired) electrons. The fourth-order valence-electron chi connectivity index (χ4n) is 3.18. The fraction of sp³-hybridized carbons (Fsp3) is 0.364. The SMILES string of the molecule is CC(C)C(=O)N1CCCN(C(=O)c2ccc(Oc3ccccc3)cc2)CC1. The van der Waals surface area contributed by atoms with Gasteiger partial charge in [0.1, 0.15) is 11.5 Å². The van der Waals surface area contributed by atoms with Crippen LogP contribution in [0.25, 0.3) is 0 Å². The number of nitrogens with zero attached hydrogens (tertiary/aromatic N) is 2. The Bertz CT molecular complexity index is 772. The van der Waals surface area contributed by atoms with Crippen LogP contribution >= 0.6 is 0 Å². The highest BCUT2D eigenvalue weighted by Gasteiger charge is 2.24. The normalized spacial score (nSPS) is 14.8. The molecule has 0 bridgehead atoms. The third-order valence-electron chi connectivity index (χ3n) is 4.67. The second kappa shape index (κ2) is 8.71. The molecule has 0 unspecified atom stereocenters. The Morgan fingerprint density at radius 1 is 0.815 bits per heavy atom. The van der Waals surface area contributed by atoms with Crippen LogP contribution in [-0.2, 0) is 4.79 Å². The number of amides is 2. The molecule has 1 aliphatic rings. The Morgan fingerprint density at radius 2 is 1.41 bits per heavy atom. The molecule has 1 saturated heterocycles. The van der Waals surface area contributed by atoms with Crippen LogP contribution in [0.4, 0.5) is 0 Å². The molecule has 2 aromatic rings. The smallest absolute Gasteiger partial charge is 0.253 e. The maximum atomic E-state index is 12.8. The van der Waals surface area contributed by atoms with E-state index in [9.17, 15) is 9.59 Å². The summed E-state index contributed by atoms with van der Waals surface area (Å²) in [5.74, 6) is 1.61. The Morgan fingerprint density at radius 3 is 2.07 bits per heavy atom. The standard InChI is InChI=1S/C22H26N2O3/c1-17(2)21(25)23-13-6-14-24(16-15-23)22(26)18-9-11-20(12-10-18)27-19-7-4-3-5-8-19/h3-5,7-12,17H,6,13-16H2,1-2H3. The molecule has 2 amide bonds. The molecular weight excluding hydrogens is 340 g/mol. The van der Waals surface area contributed by atoms with Crippen LogP contribution in [0.2, 0.25) is 0 Å². The predicted molar refractivity (Wildman–Crippen MR) is 105 cm³/mol. The zero-order chi connectivity index (χ0) is 19.2. The van der Waals surface area contributed by atoms with Crippen molar-refractivity contribution in [2.24, 2.45) is 5.92 Å². The topological polar surface area (TPSA) is 49.9 Å². The summed E-state index contributed by atoms with van der Waals surface area (Å²) in [5.41, 5.74) is 0.638. The van der Waals surface area contributed by atoms with Crippen LogP contribution in [0.3, 0.4) is 0 Å². The average molecular weight is 366 g/mol. The molecule has 0 spiro atoms. The second-order valence-corrected chi connectivity index (χ2v) is 7.07. The van der Waals surface area contributed by atoms with E-state index in [2.05, 4.69) is 0 Å². The minimum Gasteiger partial charge on any atom is -0.457 e. The fourth-order valence-corrected chi connectivity index (χ4v) is 3.18. The Kier molecular flexibility index (Phi) is 6.12. The average Bonchev–Trinajstić information content (AvgIpc) is 2.94. The molecule has 142 valence electrons. The summed E-state index contributed by atoms with van der Waals surface area (Å²) in [6.45, 7) is 6.37. The quantitative estimate of drug-likeness (QED) is 0.827. The van der Waals surface area contributed by atoms with Crippen molar-refractivity contribution in [1.82, 2.24) is 9.80 Å². The van der Waals surface area contributed by atoms with E-state index in [0.29, 0.717) is 37.5 Å². The highest BCUT2D eigenvalue weighted by Crippen LogP contribution is 2.22. The van der Waals surface area contributed by atoms with Crippen molar-refractivity contribution in [3.63, 3.8) is 0 Å². The number of carbonyl (C=O) groups is 2. The van der Waals surface area contributed by atoms with Gasteiger partial charge in [-0.15, -0.1) is 0 Å². The maximum absolute atomic E-state index is 12.8. The summed E-state index contributed by atoms with van der Waals surface area (Å²) in [6.07, 6.45) is 0.805. The van der Waals surface area contributed by atoms with E-state index in [1.54, 1.807) is 12.1 Å². The molecule has 1 heterocycles. The molecule has 0 atom stereocenters. The molecule has 5 heteroatoms. The van der Waals surface area contributed by atoms with Gasteiger partial charge in [0.05, 0.1) is 0 Å². The van der Waals surface area contributed by atoms with Gasteiger partial charge in [0, 0.05) is 37.7 Å². The molecule has 5 nitrogen and oxygen atoms in total. The first kappa shape index (κ1) is 19.0. The molecule has 2 aromatic carbocycles. The van der Waals surface area contributed by atoms with Gasteiger partial charge in [-0.1, -0.05) is 32.0 Å². The van der Waals surface area contributed by atoms with Crippen molar-refractivity contribution in [2.75, 3.05) is 26.2 Å². The second-order valence-electron chi connectivity index (χ2n) is 7.07. The minimum absolute atomic E-state index is 0.0000991. The van der Waals surface area contributed by atoms with Crippen molar-refractivity contribution in [2.45, 2.75) is 20.3 Å². The maximum Gasteiger partial charge on any atom is 0.253 e. The first-order valence-corrected chi connectivity index (χ1v) is 9.45. The van der Waals surface area contributed by atoms with Crippen LogP contribution in [0.15, 0.2) is 54.6 Å². The van der Waals surface area contributed by atoms with Crippen molar-refractivity contribution in [1.29, 1.82) is 0 Å². The summed E-state index contributed by atoms with van der Waals surface area (Å²) in [5, 5.41) is 0. The van der Waals surface area contributed by atoms with Gasteiger partial charge in [-0.2, -0.15) is 0 Å². The van der Waals surface area contributed by atoms with Gasteiger partial charge in [0.15, 0.2) is 0 Å². The lowest BCUT2D eigenvalue weighted by atomic mass is 10.2. The number of hydrogen-bond donors (Lipinski definition) is 0. The van der Waals surface area contributed by atoms with Crippen molar-refractivity contribution < 1.29 is 14.3 Å². The summed E-state index contributed by atoms with van der Waals surface area (Å²) >= 11 is 0. The highest BCUT2D eigenvalue weighted by molar-refractivity contribution is 5.94. The first-order valence-electron chi connectivity index (χ1n) is 9.45.